The molecule has 1 aliphatic carbocycles. The highest BCUT2D eigenvalue weighted by Gasteiger charge is 2.42. The van der Waals surface area contributed by atoms with E-state index < -0.39 is 59.7 Å². The van der Waals surface area contributed by atoms with Crippen molar-refractivity contribution in [2.24, 2.45) is 17.4 Å². The number of amides is 4. The van der Waals surface area contributed by atoms with Crippen LogP contribution in [0.1, 0.15) is 43.2 Å². The molecule has 1 saturated carbocycles. The second-order valence-corrected chi connectivity index (χ2v) is 12.4. The van der Waals surface area contributed by atoms with Gasteiger partial charge in [-0.1, -0.05) is 48.9 Å². The van der Waals surface area contributed by atoms with Gasteiger partial charge in [0.05, 0.1) is 25.6 Å². The third-order valence-corrected chi connectivity index (χ3v) is 8.72. The summed E-state index contributed by atoms with van der Waals surface area (Å²) in [4.78, 5) is 68.4. The quantitative estimate of drug-likeness (QED) is 0.172. The molecule has 3 rings (SSSR count). The molecule has 0 aliphatic heterocycles. The number of nitrogens with two attached hydrogens (primary N) is 2. The number of esters is 1. The second-order valence-electron chi connectivity index (χ2n) is 11.4. The summed E-state index contributed by atoms with van der Waals surface area (Å²) in [5, 5.41) is 15.0. The molecule has 0 bridgehead atoms. The van der Waals surface area contributed by atoms with E-state index in [1.165, 1.54) is 31.0 Å². The van der Waals surface area contributed by atoms with E-state index in [1.807, 2.05) is 36.6 Å². The lowest BCUT2D eigenvalue weighted by Crippen LogP contribution is -2.61. The lowest BCUT2D eigenvalue weighted by atomic mass is 9.84. The lowest BCUT2D eigenvalue weighted by Gasteiger charge is -2.39. The largest absolute Gasteiger partial charge is 0.508 e. The number of thioether (sulfide) groups is 1. The van der Waals surface area contributed by atoms with Crippen molar-refractivity contribution >= 4 is 53.8 Å². The zero-order chi connectivity index (χ0) is 33.6. The predicted molar refractivity (Wildman–Crippen MR) is 183 cm³/mol. The van der Waals surface area contributed by atoms with Crippen molar-refractivity contribution in [1.29, 1.82) is 0 Å². The molecule has 7 N–H and O–H groups in total. The summed E-state index contributed by atoms with van der Waals surface area (Å²) in [7, 11) is 1.30. The lowest BCUT2D eigenvalue weighted by molar-refractivity contribution is -0.156. The molecule has 0 aromatic heterocycles. The monoisotopic (exact) mass is 691 g/mol. The number of ether oxygens (including phenoxy) is 1. The van der Waals surface area contributed by atoms with E-state index in [-0.39, 0.29) is 50.4 Å². The maximum Gasteiger partial charge on any atom is 0.308 e. The average molecular weight is 692 g/mol. The van der Waals surface area contributed by atoms with Gasteiger partial charge in [0, 0.05) is 12.5 Å². The van der Waals surface area contributed by atoms with Gasteiger partial charge < -0.3 is 31.9 Å². The third kappa shape index (κ3) is 11.8. The fourth-order valence-corrected chi connectivity index (χ4v) is 6.11. The Morgan fingerprint density at radius 3 is 2.21 bits per heavy atom. The number of aromatic hydroxyl groups is 1. The number of methoxy groups -OCH3 is 1. The van der Waals surface area contributed by atoms with E-state index in [4.69, 9.17) is 16.2 Å². The fourth-order valence-electron chi connectivity index (χ4n) is 5.64. The molecule has 0 radical (unpaired) electrons. The van der Waals surface area contributed by atoms with Gasteiger partial charge in [-0.3, -0.25) is 28.9 Å². The molecule has 2 aromatic carbocycles. The highest BCUT2D eigenvalue weighted by molar-refractivity contribution is 7.98. The van der Waals surface area contributed by atoms with Gasteiger partial charge >= 0.3 is 5.97 Å². The van der Waals surface area contributed by atoms with Crippen LogP contribution < -0.4 is 22.1 Å². The number of hydrogen-bond acceptors (Lipinski definition) is 10. The Morgan fingerprint density at radius 2 is 1.60 bits per heavy atom. The summed E-state index contributed by atoms with van der Waals surface area (Å²) in [6, 6.07) is 11.5. The second kappa shape index (κ2) is 19.9. The maximum atomic E-state index is 14.5. The summed E-state index contributed by atoms with van der Waals surface area (Å²) in [5.74, 6) is -2.79. The van der Waals surface area contributed by atoms with Gasteiger partial charge in [0.1, 0.15) is 17.8 Å². The number of carbonyl (C=O) groups excluding carboxylic acids is 5. The fraction of sp³-hybridized carbons (Fsp3) is 0.485. The summed E-state index contributed by atoms with van der Waals surface area (Å²) >= 11 is 1.48. The van der Waals surface area contributed by atoms with Crippen molar-refractivity contribution < 1.29 is 33.8 Å². The van der Waals surface area contributed by atoms with Gasteiger partial charge in [-0.15, -0.1) is 12.4 Å². The molecule has 5 atom stereocenters. The zero-order valence-corrected chi connectivity index (χ0v) is 28.4. The van der Waals surface area contributed by atoms with Crippen LogP contribution in [-0.4, -0.2) is 89.4 Å². The number of nitrogens with zero attached hydrogens (tertiary/aromatic N) is 1. The van der Waals surface area contributed by atoms with Gasteiger partial charge in [-0.2, -0.15) is 11.8 Å². The third-order valence-electron chi connectivity index (χ3n) is 8.08. The molecule has 0 heterocycles. The SMILES string of the molecule is COC(=O)[C@@H]1CCC[C@H](N(C(=O)[C@H](Cc2ccccc2)NC(=O)CN)C(=O)[C@@H](CCSC)NC(=O)[C@@H](N)Cc2ccc(O)cc2)C1.Cl. The number of phenolic OH excluding ortho intramolecular Hbond substituents is 1. The van der Waals surface area contributed by atoms with Crippen LogP contribution in [0.4, 0.5) is 0 Å². The number of halogens is 1. The number of phenols is 1. The Hall–Kier alpha value is -3.65. The minimum Gasteiger partial charge on any atom is -0.508 e. The van der Waals surface area contributed by atoms with Crippen LogP contribution >= 0.6 is 24.2 Å². The molecule has 14 heteroatoms. The molecule has 2 aromatic rings. The molecule has 47 heavy (non-hydrogen) atoms. The van der Waals surface area contributed by atoms with E-state index in [0.717, 1.165) is 16.0 Å². The van der Waals surface area contributed by atoms with Gasteiger partial charge in [-0.25, -0.2) is 0 Å². The number of benzene rings is 2. The van der Waals surface area contributed by atoms with Gasteiger partial charge in [0.2, 0.25) is 11.8 Å². The number of carbonyl (C=O) groups is 5. The van der Waals surface area contributed by atoms with Crippen LogP contribution in [0.3, 0.4) is 0 Å². The molecule has 1 aliphatic rings. The van der Waals surface area contributed by atoms with E-state index in [2.05, 4.69) is 10.6 Å². The van der Waals surface area contributed by atoms with Crippen LogP contribution in [0.2, 0.25) is 0 Å². The molecule has 0 spiro atoms. The molecular formula is C33H46ClN5O7S. The van der Waals surface area contributed by atoms with Crippen molar-refractivity contribution in [3.05, 3.63) is 65.7 Å². The number of nitrogens with one attached hydrogen (secondary N) is 2. The standard InChI is InChI=1S/C33H45N5O7S.ClH/c1-45-33(44)23-9-6-10-24(19-23)38(32(43)28(36-29(40)20-34)18-21-7-4-3-5-8-21)31(42)27(15-16-46-2)37-30(41)26(35)17-22-11-13-25(39)14-12-22;/h3-5,7-8,11-14,23-24,26-28,39H,6,9-10,15-20,34-35H2,1-2H3,(H,36,40)(H,37,41);1H/t23-,24+,26+,27-,28+;/m1./s1. The minimum atomic E-state index is -1.13. The Kier molecular flexibility index (Phi) is 16.7. The number of imide groups is 1. The highest BCUT2D eigenvalue weighted by Crippen LogP contribution is 2.30. The van der Waals surface area contributed by atoms with Crippen molar-refractivity contribution in [1.82, 2.24) is 15.5 Å². The normalized spacial score (nSPS) is 17.6. The first-order valence-electron chi connectivity index (χ1n) is 15.4. The molecular weight excluding hydrogens is 646 g/mol. The minimum absolute atomic E-state index is 0. The summed E-state index contributed by atoms with van der Waals surface area (Å²) in [6.45, 7) is -0.355. The molecule has 12 nitrogen and oxygen atoms in total. The Labute approximate surface area is 286 Å². The summed E-state index contributed by atoms with van der Waals surface area (Å²) in [5.41, 5.74) is 13.3. The van der Waals surface area contributed by atoms with E-state index in [1.54, 1.807) is 12.1 Å². The molecule has 0 saturated heterocycles. The summed E-state index contributed by atoms with van der Waals surface area (Å²) < 4.78 is 4.98. The van der Waals surface area contributed by atoms with E-state index in [9.17, 15) is 29.1 Å². The van der Waals surface area contributed by atoms with Crippen molar-refractivity contribution in [3.63, 3.8) is 0 Å². The molecule has 4 amide bonds. The first-order chi connectivity index (χ1) is 22.1. The topological polar surface area (TPSA) is 194 Å². The number of hydrogen-bond donors (Lipinski definition) is 5. The van der Waals surface area contributed by atoms with Crippen molar-refractivity contribution in [2.45, 2.75) is 69.1 Å². The van der Waals surface area contributed by atoms with Crippen LogP contribution in [0.5, 0.6) is 5.75 Å². The van der Waals surface area contributed by atoms with E-state index >= 15 is 0 Å². The van der Waals surface area contributed by atoms with Gasteiger partial charge in [0.25, 0.3) is 11.8 Å². The molecule has 0 unspecified atom stereocenters. The van der Waals surface area contributed by atoms with Crippen LogP contribution in [0, 0.1) is 5.92 Å². The van der Waals surface area contributed by atoms with Gasteiger partial charge in [-0.05, 0) is 67.4 Å². The number of rotatable bonds is 15. The predicted octanol–water partition coefficient (Wildman–Crippen LogP) is 1.69. The first-order valence-corrected chi connectivity index (χ1v) is 16.8. The van der Waals surface area contributed by atoms with Crippen LogP contribution in [0.25, 0.3) is 0 Å². The zero-order valence-electron chi connectivity index (χ0n) is 26.8. The summed E-state index contributed by atoms with van der Waals surface area (Å²) in [6.07, 6.45) is 4.09. The maximum absolute atomic E-state index is 14.5. The Morgan fingerprint density at radius 1 is 0.957 bits per heavy atom. The molecule has 258 valence electrons. The Bertz CT molecular complexity index is 1330. The molecule has 1 fully saturated rings. The highest BCUT2D eigenvalue weighted by atomic mass is 35.5. The van der Waals surface area contributed by atoms with Crippen molar-refractivity contribution in [3.8, 4) is 5.75 Å². The average Bonchev–Trinajstić information content (AvgIpc) is 3.07. The van der Waals surface area contributed by atoms with Gasteiger partial charge in [0.15, 0.2) is 0 Å². The van der Waals surface area contributed by atoms with Crippen LogP contribution in [0.15, 0.2) is 54.6 Å². The smallest absolute Gasteiger partial charge is 0.308 e. The first kappa shape index (κ1) is 39.5. The van der Waals surface area contributed by atoms with E-state index in [0.29, 0.717) is 25.0 Å². The van der Waals surface area contributed by atoms with Crippen molar-refractivity contribution in [2.75, 3.05) is 25.7 Å². The van der Waals surface area contributed by atoms with Crippen LogP contribution in [-0.2, 0) is 41.6 Å². The Balaban J connectivity index is 0.00000768.